The topological polar surface area (TPSA) is 19.0 Å². The van der Waals surface area contributed by atoms with E-state index in [1.807, 2.05) is 0 Å². The van der Waals surface area contributed by atoms with Crippen LogP contribution in [0.5, 0.6) is 0 Å². The molecule has 4 rings (SSSR count). The lowest BCUT2D eigenvalue weighted by molar-refractivity contribution is 0.0289. The number of hydrogen-bond acceptors (Lipinski definition) is 4. The number of anilines is 1. The molecule has 1 aromatic rings. The maximum atomic E-state index is 5.47. The molecule has 3 saturated heterocycles. The van der Waals surface area contributed by atoms with Crippen molar-refractivity contribution in [3.63, 3.8) is 0 Å². The molecule has 0 bridgehead atoms. The second-order valence-corrected chi connectivity index (χ2v) is 8.35. The van der Waals surface area contributed by atoms with Crippen molar-refractivity contribution >= 4 is 5.69 Å². The van der Waals surface area contributed by atoms with Crippen LogP contribution in [0, 0.1) is 5.92 Å². The number of ether oxygens (including phenoxy) is 1. The van der Waals surface area contributed by atoms with Gasteiger partial charge in [0.15, 0.2) is 0 Å². The number of benzene rings is 1. The first kappa shape index (κ1) is 18.3. The number of hydrogen-bond donors (Lipinski definition) is 0. The van der Waals surface area contributed by atoms with Gasteiger partial charge in [-0.15, -0.1) is 0 Å². The van der Waals surface area contributed by atoms with E-state index in [2.05, 4.69) is 39.0 Å². The quantitative estimate of drug-likeness (QED) is 0.805. The molecule has 1 aromatic carbocycles. The Bertz CT molecular complexity index is 527. The van der Waals surface area contributed by atoms with Gasteiger partial charge in [0.1, 0.15) is 0 Å². The first-order valence-corrected chi connectivity index (χ1v) is 10.7. The molecule has 26 heavy (non-hydrogen) atoms. The first-order chi connectivity index (χ1) is 12.9. The zero-order chi connectivity index (χ0) is 17.6. The number of rotatable bonds is 5. The predicted octanol–water partition coefficient (Wildman–Crippen LogP) is 3.22. The van der Waals surface area contributed by atoms with Crippen molar-refractivity contribution in [2.45, 2.75) is 38.6 Å². The zero-order valence-electron chi connectivity index (χ0n) is 16.2. The molecule has 0 N–H and O–H groups in total. The van der Waals surface area contributed by atoms with Crippen molar-refractivity contribution in [3.8, 4) is 0 Å². The third-order valence-electron chi connectivity index (χ3n) is 6.39. The Balaban J connectivity index is 1.23. The van der Waals surface area contributed by atoms with E-state index in [1.54, 1.807) is 0 Å². The van der Waals surface area contributed by atoms with Crippen LogP contribution in [0.15, 0.2) is 24.3 Å². The summed E-state index contributed by atoms with van der Waals surface area (Å²) in [6.45, 7) is 11.5. The molecule has 0 saturated carbocycles. The third kappa shape index (κ3) is 4.99. The van der Waals surface area contributed by atoms with Crippen LogP contribution in [0.2, 0.25) is 0 Å². The van der Waals surface area contributed by atoms with Crippen LogP contribution in [0.25, 0.3) is 0 Å². The molecule has 3 fully saturated rings. The lowest BCUT2D eigenvalue weighted by Crippen LogP contribution is -2.42. The largest absolute Gasteiger partial charge is 0.379 e. The van der Waals surface area contributed by atoms with Crippen LogP contribution < -0.4 is 4.90 Å². The summed E-state index contributed by atoms with van der Waals surface area (Å²) in [5.74, 6) is 0.864. The van der Waals surface area contributed by atoms with Gasteiger partial charge in [-0.25, -0.2) is 0 Å². The van der Waals surface area contributed by atoms with Crippen LogP contribution in [0.4, 0.5) is 5.69 Å². The number of likely N-dealkylation sites (tertiary alicyclic amines) is 1. The Hall–Kier alpha value is -1.10. The maximum absolute atomic E-state index is 5.47. The Labute approximate surface area is 159 Å². The molecule has 0 aromatic heterocycles. The lowest BCUT2D eigenvalue weighted by Gasteiger charge is -2.37. The van der Waals surface area contributed by atoms with Crippen LogP contribution in [0.1, 0.15) is 37.7 Å². The fraction of sp³-hybridized carbons (Fsp3) is 0.727. The highest BCUT2D eigenvalue weighted by Crippen LogP contribution is 2.25. The van der Waals surface area contributed by atoms with Gasteiger partial charge in [0.05, 0.1) is 13.2 Å². The minimum absolute atomic E-state index is 0.864. The van der Waals surface area contributed by atoms with Crippen molar-refractivity contribution in [3.05, 3.63) is 29.8 Å². The number of morpholine rings is 1. The van der Waals surface area contributed by atoms with E-state index >= 15 is 0 Å². The SMILES string of the molecule is c1cc(N2CCC(CN3CCOCC3)CC2)ccc1CN1CCCCC1. The second-order valence-electron chi connectivity index (χ2n) is 8.35. The van der Waals surface area contributed by atoms with Gasteiger partial charge in [-0.2, -0.15) is 0 Å². The van der Waals surface area contributed by atoms with Gasteiger partial charge in [0.25, 0.3) is 0 Å². The molecular formula is C22H35N3O. The molecule has 0 unspecified atom stereocenters. The normalized spacial score (nSPS) is 24.1. The molecule has 4 nitrogen and oxygen atoms in total. The Morgan fingerprint density at radius 2 is 1.46 bits per heavy atom. The summed E-state index contributed by atoms with van der Waals surface area (Å²) >= 11 is 0. The molecule has 3 aliphatic rings. The Morgan fingerprint density at radius 1 is 0.769 bits per heavy atom. The fourth-order valence-electron chi connectivity index (χ4n) is 4.71. The summed E-state index contributed by atoms with van der Waals surface area (Å²) in [4.78, 5) is 7.79. The van der Waals surface area contributed by atoms with Crippen LogP contribution in [0.3, 0.4) is 0 Å². The average molecular weight is 358 g/mol. The molecule has 4 heteroatoms. The summed E-state index contributed by atoms with van der Waals surface area (Å²) in [6.07, 6.45) is 6.81. The fourth-order valence-corrected chi connectivity index (χ4v) is 4.71. The highest BCUT2D eigenvalue weighted by atomic mass is 16.5. The second kappa shape index (κ2) is 9.20. The van der Waals surface area contributed by atoms with Crippen molar-refractivity contribution in [2.75, 3.05) is 63.9 Å². The number of nitrogens with zero attached hydrogens (tertiary/aromatic N) is 3. The molecule has 0 radical (unpaired) electrons. The summed E-state index contributed by atoms with van der Waals surface area (Å²) < 4.78 is 5.47. The zero-order valence-corrected chi connectivity index (χ0v) is 16.2. The molecule has 0 aliphatic carbocycles. The summed E-state index contributed by atoms with van der Waals surface area (Å²) in [5.41, 5.74) is 2.88. The standard InChI is InChI=1S/C22H35N3O/c1-2-10-23(11-3-1)18-20-4-6-22(7-5-20)25-12-8-21(9-13-25)19-24-14-16-26-17-15-24/h4-7,21H,1-3,8-19H2. The highest BCUT2D eigenvalue weighted by Gasteiger charge is 2.22. The summed E-state index contributed by atoms with van der Waals surface area (Å²) in [7, 11) is 0. The smallest absolute Gasteiger partial charge is 0.0594 e. The molecule has 3 aliphatic heterocycles. The van der Waals surface area contributed by atoms with Gasteiger partial charge in [0, 0.05) is 45.0 Å². The lowest BCUT2D eigenvalue weighted by atomic mass is 9.95. The minimum Gasteiger partial charge on any atom is -0.379 e. The van der Waals surface area contributed by atoms with E-state index in [4.69, 9.17) is 4.74 Å². The van der Waals surface area contributed by atoms with E-state index in [1.165, 1.54) is 76.1 Å². The van der Waals surface area contributed by atoms with E-state index in [0.29, 0.717) is 0 Å². The molecule has 0 amide bonds. The molecule has 3 heterocycles. The Kier molecular flexibility index (Phi) is 6.47. The Morgan fingerprint density at radius 3 is 2.15 bits per heavy atom. The summed E-state index contributed by atoms with van der Waals surface area (Å²) in [6, 6.07) is 9.40. The molecular weight excluding hydrogens is 322 g/mol. The van der Waals surface area contributed by atoms with Crippen molar-refractivity contribution < 1.29 is 4.74 Å². The highest BCUT2D eigenvalue weighted by molar-refractivity contribution is 5.48. The van der Waals surface area contributed by atoms with Gasteiger partial charge >= 0.3 is 0 Å². The maximum Gasteiger partial charge on any atom is 0.0594 e. The van der Waals surface area contributed by atoms with Crippen molar-refractivity contribution in [2.24, 2.45) is 5.92 Å². The monoisotopic (exact) mass is 357 g/mol. The van der Waals surface area contributed by atoms with E-state index in [9.17, 15) is 0 Å². The van der Waals surface area contributed by atoms with Gasteiger partial charge in [-0.3, -0.25) is 9.80 Å². The van der Waals surface area contributed by atoms with Crippen molar-refractivity contribution in [1.29, 1.82) is 0 Å². The predicted molar refractivity (Wildman–Crippen MR) is 108 cm³/mol. The van der Waals surface area contributed by atoms with E-state index in [0.717, 1.165) is 38.8 Å². The molecule has 0 spiro atoms. The van der Waals surface area contributed by atoms with Gasteiger partial charge in [0.2, 0.25) is 0 Å². The first-order valence-electron chi connectivity index (χ1n) is 10.7. The van der Waals surface area contributed by atoms with Crippen LogP contribution in [-0.4, -0.2) is 68.8 Å². The van der Waals surface area contributed by atoms with Crippen LogP contribution >= 0.6 is 0 Å². The molecule has 144 valence electrons. The van der Waals surface area contributed by atoms with E-state index in [-0.39, 0.29) is 0 Å². The van der Waals surface area contributed by atoms with Gasteiger partial charge < -0.3 is 9.64 Å². The van der Waals surface area contributed by atoms with Crippen LogP contribution in [-0.2, 0) is 11.3 Å². The minimum atomic E-state index is 0.864. The third-order valence-corrected chi connectivity index (χ3v) is 6.39. The van der Waals surface area contributed by atoms with Gasteiger partial charge in [-0.1, -0.05) is 18.6 Å². The van der Waals surface area contributed by atoms with Gasteiger partial charge in [-0.05, 0) is 62.4 Å². The number of piperidine rings is 2. The average Bonchev–Trinajstić information content (AvgIpc) is 2.71. The summed E-state index contributed by atoms with van der Waals surface area (Å²) in [5, 5.41) is 0. The van der Waals surface area contributed by atoms with E-state index < -0.39 is 0 Å². The van der Waals surface area contributed by atoms with Crippen molar-refractivity contribution in [1.82, 2.24) is 9.80 Å². The molecule has 0 atom stereocenters.